The summed E-state index contributed by atoms with van der Waals surface area (Å²) in [5.41, 5.74) is -1.15. The van der Waals surface area contributed by atoms with Crippen molar-refractivity contribution in [2.75, 3.05) is 0 Å². The third-order valence-corrected chi connectivity index (χ3v) is 6.43. The van der Waals surface area contributed by atoms with Crippen LogP contribution in [0.1, 0.15) is 72.1 Å². The van der Waals surface area contributed by atoms with E-state index in [2.05, 4.69) is 18.0 Å². The molecule has 0 aromatic rings. The first kappa shape index (κ1) is 20.7. The van der Waals surface area contributed by atoms with E-state index in [0.717, 1.165) is 51.4 Å². The number of amides is 2. The lowest BCUT2D eigenvalue weighted by Gasteiger charge is -2.40. The number of carbonyl (C=O) groups excluding carboxylic acids is 2. The zero-order valence-electron chi connectivity index (χ0n) is 17.4. The molecule has 1 saturated heterocycles. The van der Waals surface area contributed by atoms with Crippen molar-refractivity contribution in [3.05, 3.63) is 12.7 Å². The van der Waals surface area contributed by atoms with Crippen LogP contribution in [0, 0.1) is 22.7 Å². The van der Waals surface area contributed by atoms with Gasteiger partial charge in [-0.25, -0.2) is 4.79 Å². The third kappa shape index (κ3) is 4.19. The molecule has 0 radical (unpaired) electrons. The molecule has 3 aliphatic rings. The molecule has 0 bridgehead atoms. The molecule has 6 heteroatoms. The minimum atomic E-state index is -0.742. The Morgan fingerprint density at radius 1 is 1.25 bits per heavy atom. The van der Waals surface area contributed by atoms with Crippen molar-refractivity contribution in [2.45, 2.75) is 95.9 Å². The summed E-state index contributed by atoms with van der Waals surface area (Å²) in [6.45, 7) is 9.47. The van der Waals surface area contributed by atoms with Crippen molar-refractivity contribution < 1.29 is 14.3 Å². The van der Waals surface area contributed by atoms with Crippen LogP contribution < -0.4 is 5.32 Å². The summed E-state index contributed by atoms with van der Waals surface area (Å²) in [6, 6.07) is 1.29. The molecule has 0 aromatic carbocycles. The number of hydrogen-bond donors (Lipinski definition) is 1. The lowest BCUT2D eigenvalue weighted by atomic mass is 9.73. The van der Waals surface area contributed by atoms with Gasteiger partial charge >= 0.3 is 6.09 Å². The molecule has 3 rings (SSSR count). The highest BCUT2D eigenvalue weighted by molar-refractivity contribution is 5.88. The molecule has 3 fully saturated rings. The predicted molar refractivity (Wildman–Crippen MR) is 106 cm³/mol. The maximum atomic E-state index is 13.7. The first-order valence-electron chi connectivity index (χ1n) is 10.6. The van der Waals surface area contributed by atoms with Gasteiger partial charge in [0.05, 0.1) is 6.07 Å². The van der Waals surface area contributed by atoms with Gasteiger partial charge in [0, 0.05) is 11.5 Å². The van der Waals surface area contributed by atoms with E-state index in [1.807, 2.05) is 6.08 Å². The Balaban J connectivity index is 1.89. The quantitative estimate of drug-likeness (QED) is 0.585. The molecule has 4 atom stereocenters. The van der Waals surface area contributed by atoms with E-state index in [1.165, 1.54) is 0 Å². The lowest BCUT2D eigenvalue weighted by Crippen LogP contribution is -2.58. The second-order valence-corrected chi connectivity index (χ2v) is 9.62. The van der Waals surface area contributed by atoms with Crippen LogP contribution in [0.3, 0.4) is 0 Å². The molecule has 1 aliphatic heterocycles. The van der Waals surface area contributed by atoms with Gasteiger partial charge in [0.2, 0.25) is 5.91 Å². The fraction of sp³-hybridized carbons (Fsp3) is 0.773. The maximum Gasteiger partial charge on any atom is 0.408 e. The molecule has 6 nitrogen and oxygen atoms in total. The number of piperidine rings is 1. The maximum absolute atomic E-state index is 13.7. The van der Waals surface area contributed by atoms with E-state index >= 15 is 0 Å². The van der Waals surface area contributed by atoms with Crippen molar-refractivity contribution in [1.82, 2.24) is 10.2 Å². The Morgan fingerprint density at radius 2 is 1.89 bits per heavy atom. The van der Waals surface area contributed by atoms with Crippen LogP contribution in [0.4, 0.5) is 4.79 Å². The van der Waals surface area contributed by atoms with Crippen LogP contribution >= 0.6 is 0 Å². The predicted octanol–water partition coefficient (Wildman–Crippen LogP) is 3.92. The van der Waals surface area contributed by atoms with Gasteiger partial charge in [0.15, 0.2) is 0 Å². The fourth-order valence-electron chi connectivity index (χ4n) is 4.91. The van der Waals surface area contributed by atoms with Crippen molar-refractivity contribution >= 4 is 12.0 Å². The number of alkyl carbamates (subject to hydrolysis) is 1. The highest BCUT2D eigenvalue weighted by Gasteiger charge is 2.57. The van der Waals surface area contributed by atoms with Crippen molar-refractivity contribution in [3.8, 4) is 6.07 Å². The van der Waals surface area contributed by atoms with E-state index in [-0.39, 0.29) is 11.9 Å². The molecular formula is C22H33N3O3. The number of nitriles is 1. The fourth-order valence-corrected chi connectivity index (χ4v) is 4.91. The van der Waals surface area contributed by atoms with Gasteiger partial charge in [0.25, 0.3) is 0 Å². The Morgan fingerprint density at radius 3 is 2.43 bits per heavy atom. The number of nitrogens with one attached hydrogen (secondary N) is 1. The van der Waals surface area contributed by atoms with Crippen molar-refractivity contribution in [1.29, 1.82) is 5.26 Å². The van der Waals surface area contributed by atoms with Gasteiger partial charge in [-0.15, -0.1) is 6.58 Å². The van der Waals surface area contributed by atoms with Gasteiger partial charge in [-0.1, -0.05) is 31.8 Å². The van der Waals surface area contributed by atoms with E-state index in [0.29, 0.717) is 5.92 Å². The molecule has 2 amide bonds. The minimum Gasteiger partial charge on any atom is -0.444 e. The van der Waals surface area contributed by atoms with Crippen molar-refractivity contribution in [2.24, 2.45) is 11.3 Å². The average Bonchev–Trinajstić information content (AvgIpc) is 3.35. The summed E-state index contributed by atoms with van der Waals surface area (Å²) in [4.78, 5) is 28.0. The molecule has 154 valence electrons. The van der Waals surface area contributed by atoms with Crippen LogP contribution in [0.5, 0.6) is 0 Å². The van der Waals surface area contributed by atoms with E-state index < -0.39 is 29.2 Å². The van der Waals surface area contributed by atoms with Gasteiger partial charge < -0.3 is 15.0 Å². The van der Waals surface area contributed by atoms with Gasteiger partial charge in [0.1, 0.15) is 17.7 Å². The zero-order valence-corrected chi connectivity index (χ0v) is 17.4. The summed E-state index contributed by atoms with van der Waals surface area (Å²) in [7, 11) is 0. The van der Waals surface area contributed by atoms with E-state index in [1.54, 1.807) is 25.7 Å². The molecule has 0 spiro atoms. The molecular weight excluding hydrogens is 354 g/mol. The Hall–Kier alpha value is -2.03. The smallest absolute Gasteiger partial charge is 0.408 e. The number of carbonyl (C=O) groups is 2. The highest BCUT2D eigenvalue weighted by Crippen LogP contribution is 2.49. The van der Waals surface area contributed by atoms with Gasteiger partial charge in [-0.2, -0.15) is 5.26 Å². The third-order valence-electron chi connectivity index (χ3n) is 6.43. The Bertz CT molecular complexity index is 667. The topological polar surface area (TPSA) is 82.4 Å². The summed E-state index contributed by atoms with van der Waals surface area (Å²) >= 11 is 0. The van der Waals surface area contributed by atoms with Gasteiger partial charge in [-0.3, -0.25) is 4.79 Å². The summed E-state index contributed by atoms with van der Waals surface area (Å²) in [5, 5.41) is 12.4. The summed E-state index contributed by atoms with van der Waals surface area (Å²) in [6.07, 6.45) is 8.84. The first-order valence-corrected chi connectivity index (χ1v) is 10.6. The number of hydrogen-bond acceptors (Lipinski definition) is 4. The zero-order chi connectivity index (χ0) is 20.5. The second-order valence-electron chi connectivity index (χ2n) is 9.62. The van der Waals surface area contributed by atoms with E-state index in [4.69, 9.17) is 4.74 Å². The second kappa shape index (κ2) is 7.77. The molecule has 2 aliphatic carbocycles. The molecule has 2 saturated carbocycles. The van der Waals surface area contributed by atoms with E-state index in [9.17, 15) is 14.9 Å². The number of nitrogens with zero attached hydrogens (tertiary/aromatic N) is 2. The minimum absolute atomic E-state index is 0.146. The summed E-state index contributed by atoms with van der Waals surface area (Å²) < 4.78 is 5.46. The van der Waals surface area contributed by atoms with Crippen LogP contribution in [0.2, 0.25) is 0 Å². The number of ether oxygens (including phenoxy) is 1. The normalized spacial score (nSPS) is 29.6. The van der Waals surface area contributed by atoms with Crippen LogP contribution in [0.25, 0.3) is 0 Å². The van der Waals surface area contributed by atoms with Crippen LogP contribution in [-0.2, 0) is 9.53 Å². The number of fused-ring (bicyclic) bond motifs is 1. The highest BCUT2D eigenvalue weighted by atomic mass is 16.6. The largest absolute Gasteiger partial charge is 0.444 e. The van der Waals surface area contributed by atoms with Crippen LogP contribution in [0.15, 0.2) is 12.7 Å². The monoisotopic (exact) mass is 387 g/mol. The first-order chi connectivity index (χ1) is 13.2. The standard InChI is InChI=1S/C22H33N3O3/c1-5-22(10-8-6-7-9-11-22)18(24-20(27)28-21(2,3)4)19(26)25-16(14-23)12-15-13-17(15)25/h5,15-18H,1,6-13H2,2-4H3,(H,24,27)/t15-,16+,17+,18-/m1/s1. The molecule has 1 heterocycles. The average molecular weight is 388 g/mol. The van der Waals surface area contributed by atoms with Crippen molar-refractivity contribution in [3.63, 3.8) is 0 Å². The van der Waals surface area contributed by atoms with Crippen LogP contribution in [-0.4, -0.2) is 40.6 Å². The number of rotatable bonds is 4. The molecule has 28 heavy (non-hydrogen) atoms. The Kier molecular flexibility index (Phi) is 5.74. The Labute approximate surface area is 168 Å². The molecule has 0 aromatic heterocycles. The lowest BCUT2D eigenvalue weighted by molar-refractivity contribution is -0.137. The molecule has 1 N–H and O–H groups in total. The number of likely N-dealkylation sites (tertiary alicyclic amines) is 1. The molecule has 0 unspecified atom stereocenters. The van der Waals surface area contributed by atoms with Gasteiger partial charge in [-0.05, 0) is 52.4 Å². The summed E-state index contributed by atoms with van der Waals surface area (Å²) in [5.74, 6) is 0.286. The SMILES string of the molecule is C=CC1([C@H](NC(=O)OC(C)(C)C)C(=O)N2[C@H](C#N)C[C@@H]3C[C@@H]32)CCCCCC1.